The van der Waals surface area contributed by atoms with Crippen LogP contribution in [0.3, 0.4) is 0 Å². The molecule has 3 nitrogen and oxygen atoms in total. The number of nitrogen functional groups attached to an aromatic ring is 1. The van der Waals surface area contributed by atoms with Crippen LogP contribution < -0.4 is 5.73 Å². The molecule has 78 valence electrons. The maximum Gasteiger partial charge on any atom is 0.134 e. The molecule has 0 aliphatic carbocycles. The van der Waals surface area contributed by atoms with Crippen LogP contribution >= 0.6 is 0 Å². The Morgan fingerprint density at radius 3 is 2.36 bits per heavy atom. The summed E-state index contributed by atoms with van der Waals surface area (Å²) in [4.78, 5) is 8.79. The third-order valence-electron chi connectivity index (χ3n) is 2.53. The molecule has 0 aliphatic heterocycles. The molecule has 14 heavy (non-hydrogen) atoms. The van der Waals surface area contributed by atoms with Crippen LogP contribution in [0.25, 0.3) is 0 Å². The first-order valence-corrected chi connectivity index (χ1v) is 5.34. The largest absolute Gasteiger partial charge is 0.384 e. The lowest BCUT2D eigenvalue weighted by molar-refractivity contribution is 0.599. The zero-order valence-electron chi connectivity index (χ0n) is 9.25. The van der Waals surface area contributed by atoms with E-state index in [2.05, 4.69) is 30.7 Å². The van der Waals surface area contributed by atoms with Crippen molar-refractivity contribution in [2.45, 2.75) is 46.0 Å². The lowest BCUT2D eigenvalue weighted by atomic mass is 10.0. The van der Waals surface area contributed by atoms with Gasteiger partial charge in [0.05, 0.1) is 0 Å². The third kappa shape index (κ3) is 2.44. The lowest BCUT2D eigenvalue weighted by Crippen LogP contribution is -2.07. The van der Waals surface area contributed by atoms with Crippen molar-refractivity contribution in [2.75, 3.05) is 5.73 Å². The minimum absolute atomic E-state index is 0.448. The van der Waals surface area contributed by atoms with Crippen molar-refractivity contribution in [3.63, 3.8) is 0 Å². The van der Waals surface area contributed by atoms with Gasteiger partial charge in [-0.25, -0.2) is 9.97 Å². The van der Waals surface area contributed by atoms with Gasteiger partial charge in [-0.2, -0.15) is 0 Å². The second kappa shape index (κ2) is 4.94. The predicted molar refractivity (Wildman–Crippen MR) is 59.1 cm³/mol. The van der Waals surface area contributed by atoms with E-state index in [-0.39, 0.29) is 0 Å². The van der Waals surface area contributed by atoms with Crippen molar-refractivity contribution >= 4 is 5.82 Å². The number of nitrogens with two attached hydrogens (primary N) is 1. The highest BCUT2D eigenvalue weighted by Crippen LogP contribution is 2.20. The standard InChI is InChI=1S/C11H19N3/c1-4-8(5-2)11-13-9(6-3)7-10(12)14-11/h7-8H,4-6H2,1-3H3,(H2,12,13,14). The highest BCUT2D eigenvalue weighted by Gasteiger charge is 2.11. The van der Waals surface area contributed by atoms with Crippen molar-refractivity contribution in [1.82, 2.24) is 9.97 Å². The van der Waals surface area contributed by atoms with Crippen molar-refractivity contribution < 1.29 is 0 Å². The van der Waals surface area contributed by atoms with E-state index < -0.39 is 0 Å². The molecule has 0 unspecified atom stereocenters. The van der Waals surface area contributed by atoms with Gasteiger partial charge in [0.2, 0.25) is 0 Å². The zero-order valence-corrected chi connectivity index (χ0v) is 9.25. The van der Waals surface area contributed by atoms with Crippen LogP contribution in [-0.4, -0.2) is 9.97 Å². The van der Waals surface area contributed by atoms with Gasteiger partial charge >= 0.3 is 0 Å². The van der Waals surface area contributed by atoms with Crippen LogP contribution in [-0.2, 0) is 6.42 Å². The molecular formula is C11H19N3. The molecule has 0 spiro atoms. The Balaban J connectivity index is 3.01. The van der Waals surface area contributed by atoms with E-state index in [1.807, 2.05) is 6.07 Å². The summed E-state index contributed by atoms with van der Waals surface area (Å²) < 4.78 is 0. The zero-order chi connectivity index (χ0) is 10.6. The van der Waals surface area contributed by atoms with E-state index >= 15 is 0 Å². The average Bonchev–Trinajstić information content (AvgIpc) is 2.19. The van der Waals surface area contributed by atoms with Crippen LogP contribution in [0.1, 0.15) is 51.0 Å². The fraction of sp³-hybridized carbons (Fsp3) is 0.636. The van der Waals surface area contributed by atoms with E-state index in [4.69, 9.17) is 5.73 Å². The van der Waals surface area contributed by atoms with Crippen LogP contribution in [0.15, 0.2) is 6.07 Å². The topological polar surface area (TPSA) is 51.8 Å². The normalized spacial score (nSPS) is 10.9. The summed E-state index contributed by atoms with van der Waals surface area (Å²) in [6.07, 6.45) is 3.06. The molecular weight excluding hydrogens is 174 g/mol. The van der Waals surface area contributed by atoms with E-state index in [1.165, 1.54) is 0 Å². The van der Waals surface area contributed by atoms with Gasteiger partial charge in [-0.05, 0) is 19.3 Å². The Morgan fingerprint density at radius 1 is 1.21 bits per heavy atom. The third-order valence-corrected chi connectivity index (χ3v) is 2.53. The summed E-state index contributed by atoms with van der Waals surface area (Å²) in [5.41, 5.74) is 6.77. The minimum Gasteiger partial charge on any atom is -0.384 e. The highest BCUT2D eigenvalue weighted by molar-refractivity contribution is 5.30. The number of hydrogen-bond donors (Lipinski definition) is 1. The Hall–Kier alpha value is -1.12. The number of rotatable bonds is 4. The summed E-state index contributed by atoms with van der Waals surface area (Å²) in [5, 5.41) is 0. The van der Waals surface area contributed by atoms with Crippen molar-refractivity contribution in [2.24, 2.45) is 0 Å². The molecule has 1 aromatic heterocycles. The fourth-order valence-corrected chi connectivity index (χ4v) is 1.56. The van der Waals surface area contributed by atoms with Gasteiger partial charge in [-0.3, -0.25) is 0 Å². The van der Waals surface area contributed by atoms with Gasteiger partial charge in [-0.1, -0.05) is 20.8 Å². The van der Waals surface area contributed by atoms with Gasteiger partial charge < -0.3 is 5.73 Å². The molecule has 2 N–H and O–H groups in total. The molecule has 0 amide bonds. The molecule has 3 heteroatoms. The first kappa shape index (κ1) is 11.0. The van der Waals surface area contributed by atoms with E-state index in [0.717, 1.165) is 30.8 Å². The average molecular weight is 193 g/mol. The van der Waals surface area contributed by atoms with Crippen LogP contribution in [0.4, 0.5) is 5.82 Å². The molecule has 0 aromatic carbocycles. The van der Waals surface area contributed by atoms with Crippen molar-refractivity contribution in [3.8, 4) is 0 Å². The van der Waals surface area contributed by atoms with Gasteiger partial charge in [0.15, 0.2) is 0 Å². The van der Waals surface area contributed by atoms with Gasteiger partial charge in [0.25, 0.3) is 0 Å². The SMILES string of the molecule is CCc1cc(N)nc(C(CC)CC)n1. The smallest absolute Gasteiger partial charge is 0.134 e. The molecule has 0 radical (unpaired) electrons. The first-order valence-electron chi connectivity index (χ1n) is 5.34. The molecule has 1 aromatic rings. The number of anilines is 1. The first-order chi connectivity index (χ1) is 6.71. The Morgan fingerprint density at radius 2 is 1.86 bits per heavy atom. The summed E-state index contributed by atoms with van der Waals surface area (Å²) in [6.45, 7) is 6.40. The van der Waals surface area contributed by atoms with Crippen LogP contribution in [0.5, 0.6) is 0 Å². The van der Waals surface area contributed by atoms with Crippen LogP contribution in [0.2, 0.25) is 0 Å². The number of hydrogen-bond acceptors (Lipinski definition) is 3. The van der Waals surface area contributed by atoms with Crippen molar-refractivity contribution in [1.29, 1.82) is 0 Å². The van der Waals surface area contributed by atoms with E-state index in [1.54, 1.807) is 0 Å². The molecule has 0 saturated heterocycles. The Bertz CT molecular complexity index is 293. The van der Waals surface area contributed by atoms with E-state index in [0.29, 0.717) is 11.7 Å². The summed E-state index contributed by atoms with van der Waals surface area (Å²) in [5.74, 6) is 1.95. The fourth-order valence-electron chi connectivity index (χ4n) is 1.56. The maximum atomic E-state index is 5.73. The molecule has 1 heterocycles. The monoisotopic (exact) mass is 193 g/mol. The van der Waals surface area contributed by atoms with Gasteiger partial charge in [-0.15, -0.1) is 0 Å². The quantitative estimate of drug-likeness (QED) is 0.799. The second-order valence-electron chi connectivity index (χ2n) is 3.51. The summed E-state index contributed by atoms with van der Waals surface area (Å²) in [7, 11) is 0. The Kier molecular flexibility index (Phi) is 3.86. The lowest BCUT2D eigenvalue weighted by Gasteiger charge is -2.12. The number of aromatic nitrogens is 2. The van der Waals surface area contributed by atoms with Crippen LogP contribution in [0, 0.1) is 0 Å². The molecule has 0 saturated carbocycles. The van der Waals surface area contributed by atoms with Crippen molar-refractivity contribution in [3.05, 3.63) is 17.6 Å². The molecule has 0 fully saturated rings. The maximum absolute atomic E-state index is 5.73. The number of aryl methyl sites for hydroxylation is 1. The van der Waals surface area contributed by atoms with Gasteiger partial charge in [0.1, 0.15) is 11.6 Å². The minimum atomic E-state index is 0.448. The molecule has 0 bridgehead atoms. The Labute approximate surface area is 85.8 Å². The van der Waals surface area contributed by atoms with Gasteiger partial charge in [0, 0.05) is 17.7 Å². The predicted octanol–water partition coefficient (Wildman–Crippen LogP) is 2.52. The molecule has 1 rings (SSSR count). The second-order valence-corrected chi connectivity index (χ2v) is 3.51. The molecule has 0 atom stereocenters. The summed E-state index contributed by atoms with van der Waals surface area (Å²) in [6, 6.07) is 1.85. The summed E-state index contributed by atoms with van der Waals surface area (Å²) >= 11 is 0. The molecule has 0 aliphatic rings. The highest BCUT2D eigenvalue weighted by atomic mass is 14.9. The van der Waals surface area contributed by atoms with E-state index in [9.17, 15) is 0 Å². The number of nitrogens with zero attached hydrogens (tertiary/aromatic N) is 2.